The molecule has 0 bridgehead atoms. The van der Waals surface area contributed by atoms with Crippen LogP contribution in [-0.2, 0) is 17.8 Å². The Bertz CT molecular complexity index is 773. The summed E-state index contributed by atoms with van der Waals surface area (Å²) in [5.74, 6) is 0.207. The van der Waals surface area contributed by atoms with E-state index in [4.69, 9.17) is 0 Å². The van der Waals surface area contributed by atoms with Gasteiger partial charge in [-0.25, -0.2) is 4.98 Å². The zero-order valence-corrected chi connectivity index (χ0v) is 15.0. The van der Waals surface area contributed by atoms with E-state index in [0.29, 0.717) is 13.0 Å². The van der Waals surface area contributed by atoms with E-state index in [1.165, 1.54) is 15.1 Å². The van der Waals surface area contributed by atoms with Crippen molar-refractivity contribution in [2.45, 2.75) is 32.7 Å². The maximum Gasteiger partial charge on any atom is 0.222 e. The molecule has 0 N–H and O–H groups in total. The molecule has 0 saturated carbocycles. The van der Waals surface area contributed by atoms with E-state index in [-0.39, 0.29) is 5.91 Å². The van der Waals surface area contributed by atoms with E-state index in [1.54, 1.807) is 22.7 Å². The molecule has 3 aromatic rings. The lowest BCUT2D eigenvalue weighted by Crippen LogP contribution is -2.25. The first-order valence-electron chi connectivity index (χ1n) is 7.75. The molecule has 120 valence electrons. The lowest BCUT2D eigenvalue weighted by atomic mass is 10.2. The fraction of sp³-hybridized carbons (Fsp3) is 0.333. The van der Waals surface area contributed by atoms with Crippen LogP contribution in [0, 0.1) is 6.92 Å². The number of amides is 1. The van der Waals surface area contributed by atoms with Gasteiger partial charge in [-0.1, -0.05) is 12.1 Å². The summed E-state index contributed by atoms with van der Waals surface area (Å²) in [7, 11) is 1.89. The number of fused-ring (bicyclic) bond motifs is 1. The number of carbonyl (C=O) groups is 1. The number of hydrogen-bond donors (Lipinski definition) is 0. The normalized spacial score (nSPS) is 11.0. The third-order valence-corrected chi connectivity index (χ3v) is 6.00. The van der Waals surface area contributed by atoms with Crippen LogP contribution in [0.3, 0.4) is 0 Å². The van der Waals surface area contributed by atoms with Gasteiger partial charge in [0.25, 0.3) is 0 Å². The molecule has 2 heterocycles. The first kappa shape index (κ1) is 16.1. The number of rotatable bonds is 6. The average molecular weight is 345 g/mol. The Morgan fingerprint density at radius 1 is 1.26 bits per heavy atom. The number of carbonyl (C=O) groups excluding carboxylic acids is 1. The first-order valence-corrected chi connectivity index (χ1v) is 9.44. The third-order valence-electron chi connectivity index (χ3n) is 3.89. The minimum absolute atomic E-state index is 0.207. The van der Waals surface area contributed by atoms with Crippen LogP contribution in [0.5, 0.6) is 0 Å². The molecular weight excluding hydrogens is 324 g/mol. The number of para-hydroxylation sites is 1. The van der Waals surface area contributed by atoms with Gasteiger partial charge in [0, 0.05) is 18.3 Å². The lowest BCUT2D eigenvalue weighted by Gasteiger charge is -2.16. The second-order valence-electron chi connectivity index (χ2n) is 5.71. The Labute approximate surface area is 144 Å². The van der Waals surface area contributed by atoms with E-state index in [9.17, 15) is 4.79 Å². The molecule has 0 atom stereocenters. The molecule has 0 fully saturated rings. The highest BCUT2D eigenvalue weighted by Crippen LogP contribution is 2.23. The summed E-state index contributed by atoms with van der Waals surface area (Å²) in [6, 6.07) is 10.3. The van der Waals surface area contributed by atoms with Crippen LogP contribution in [0.25, 0.3) is 10.2 Å². The average Bonchev–Trinajstić information content (AvgIpc) is 3.13. The van der Waals surface area contributed by atoms with Gasteiger partial charge in [-0.15, -0.1) is 22.7 Å². The molecular formula is C18H20N2OS2. The van der Waals surface area contributed by atoms with E-state index >= 15 is 0 Å². The van der Waals surface area contributed by atoms with Crippen LogP contribution in [-0.4, -0.2) is 22.8 Å². The van der Waals surface area contributed by atoms with Gasteiger partial charge >= 0.3 is 0 Å². The smallest absolute Gasteiger partial charge is 0.222 e. The fourth-order valence-electron chi connectivity index (χ4n) is 2.48. The molecule has 3 nitrogen and oxygen atoms in total. The number of nitrogens with zero attached hydrogens (tertiary/aromatic N) is 2. The monoisotopic (exact) mass is 344 g/mol. The number of aromatic nitrogens is 1. The van der Waals surface area contributed by atoms with Crippen LogP contribution in [0.4, 0.5) is 0 Å². The third kappa shape index (κ3) is 3.98. The minimum atomic E-state index is 0.207. The van der Waals surface area contributed by atoms with E-state index in [2.05, 4.69) is 29.4 Å². The summed E-state index contributed by atoms with van der Waals surface area (Å²) in [6.07, 6.45) is 2.31. The van der Waals surface area contributed by atoms with Crippen molar-refractivity contribution < 1.29 is 4.79 Å². The Balaban J connectivity index is 1.49. The molecule has 1 amide bonds. The van der Waals surface area contributed by atoms with Crippen molar-refractivity contribution >= 4 is 38.8 Å². The zero-order chi connectivity index (χ0) is 16.2. The molecule has 5 heteroatoms. The quantitative estimate of drug-likeness (QED) is 0.652. The number of thiazole rings is 1. The Kier molecular flexibility index (Phi) is 5.08. The molecule has 0 spiro atoms. The molecule has 3 rings (SSSR count). The predicted octanol–water partition coefficient (Wildman–Crippen LogP) is 4.65. The van der Waals surface area contributed by atoms with Crippen LogP contribution in [0.15, 0.2) is 35.7 Å². The highest BCUT2D eigenvalue weighted by atomic mass is 32.1. The van der Waals surface area contributed by atoms with Crippen molar-refractivity contribution in [3.05, 3.63) is 51.2 Å². The highest BCUT2D eigenvalue weighted by Gasteiger charge is 2.12. The minimum Gasteiger partial charge on any atom is -0.341 e. The van der Waals surface area contributed by atoms with Gasteiger partial charge in [0.2, 0.25) is 5.91 Å². The Morgan fingerprint density at radius 2 is 2.09 bits per heavy atom. The number of aryl methyl sites for hydroxylation is 2. The van der Waals surface area contributed by atoms with Crippen molar-refractivity contribution in [3.8, 4) is 0 Å². The molecule has 1 aromatic carbocycles. The topological polar surface area (TPSA) is 33.2 Å². The van der Waals surface area contributed by atoms with Gasteiger partial charge < -0.3 is 4.90 Å². The zero-order valence-electron chi connectivity index (χ0n) is 13.4. The van der Waals surface area contributed by atoms with E-state index in [1.807, 2.05) is 30.1 Å². The van der Waals surface area contributed by atoms with Crippen molar-refractivity contribution in [3.63, 3.8) is 0 Å². The largest absolute Gasteiger partial charge is 0.341 e. The maximum absolute atomic E-state index is 12.3. The molecule has 0 aliphatic carbocycles. The molecule has 2 aromatic heterocycles. The maximum atomic E-state index is 12.3. The second-order valence-corrected chi connectivity index (χ2v) is 7.82. The molecule has 0 saturated heterocycles. The number of thiophene rings is 1. The standard InChI is InChI=1S/C18H20N2OS2/c1-13-10-11-22-16(13)12-20(2)18(21)9-5-8-17-19-14-6-3-4-7-15(14)23-17/h3-4,6-7,10-11H,5,8-9,12H2,1-2H3. The van der Waals surface area contributed by atoms with Gasteiger partial charge in [-0.2, -0.15) is 0 Å². The van der Waals surface area contributed by atoms with Gasteiger partial charge in [0.1, 0.15) is 0 Å². The Hall–Kier alpha value is -1.72. The highest BCUT2D eigenvalue weighted by molar-refractivity contribution is 7.18. The van der Waals surface area contributed by atoms with Gasteiger partial charge in [0.15, 0.2) is 0 Å². The van der Waals surface area contributed by atoms with Crippen LogP contribution < -0.4 is 0 Å². The van der Waals surface area contributed by atoms with Crippen molar-refractivity contribution in [1.29, 1.82) is 0 Å². The van der Waals surface area contributed by atoms with Gasteiger partial charge in [-0.05, 0) is 48.9 Å². The summed E-state index contributed by atoms with van der Waals surface area (Å²) < 4.78 is 1.22. The van der Waals surface area contributed by atoms with Crippen LogP contribution in [0.2, 0.25) is 0 Å². The lowest BCUT2D eigenvalue weighted by molar-refractivity contribution is -0.130. The second kappa shape index (κ2) is 7.23. The summed E-state index contributed by atoms with van der Waals surface area (Å²) in [5, 5.41) is 3.20. The summed E-state index contributed by atoms with van der Waals surface area (Å²) in [4.78, 5) is 20.0. The Morgan fingerprint density at radius 3 is 2.83 bits per heavy atom. The number of hydrogen-bond acceptors (Lipinski definition) is 4. The van der Waals surface area contributed by atoms with Crippen LogP contribution in [0.1, 0.15) is 28.3 Å². The SMILES string of the molecule is Cc1ccsc1CN(C)C(=O)CCCc1nc2ccccc2s1. The summed E-state index contributed by atoms with van der Waals surface area (Å²) in [5.41, 5.74) is 2.33. The molecule has 0 aliphatic rings. The van der Waals surface area contributed by atoms with Crippen molar-refractivity contribution in [1.82, 2.24) is 9.88 Å². The fourth-order valence-corrected chi connectivity index (χ4v) is 4.45. The van der Waals surface area contributed by atoms with Crippen molar-refractivity contribution in [2.24, 2.45) is 0 Å². The van der Waals surface area contributed by atoms with E-state index in [0.717, 1.165) is 23.4 Å². The summed E-state index contributed by atoms with van der Waals surface area (Å²) >= 11 is 3.44. The molecule has 0 aliphatic heterocycles. The van der Waals surface area contributed by atoms with E-state index < -0.39 is 0 Å². The van der Waals surface area contributed by atoms with Gasteiger partial charge in [0.05, 0.1) is 21.8 Å². The molecule has 23 heavy (non-hydrogen) atoms. The number of benzene rings is 1. The summed E-state index contributed by atoms with van der Waals surface area (Å²) in [6.45, 7) is 2.81. The van der Waals surface area contributed by atoms with Crippen LogP contribution >= 0.6 is 22.7 Å². The van der Waals surface area contributed by atoms with Crippen molar-refractivity contribution in [2.75, 3.05) is 7.05 Å². The molecule has 0 unspecified atom stereocenters. The predicted molar refractivity (Wildman–Crippen MR) is 98.1 cm³/mol. The van der Waals surface area contributed by atoms with Gasteiger partial charge in [-0.3, -0.25) is 4.79 Å². The molecule has 0 radical (unpaired) electrons. The first-order chi connectivity index (χ1) is 11.1.